The van der Waals surface area contributed by atoms with E-state index in [0.29, 0.717) is 5.01 Å². The van der Waals surface area contributed by atoms with Gasteiger partial charge in [-0.25, -0.2) is 12.8 Å². The van der Waals surface area contributed by atoms with Crippen molar-refractivity contribution in [2.45, 2.75) is 13.0 Å². The number of aromatic nitrogens is 1. The number of hydrogen-bond acceptors (Lipinski definition) is 8. The first kappa shape index (κ1) is 27.0. The number of nitrogens with one attached hydrogen (secondary N) is 1. The number of halogens is 1. The molecule has 0 saturated heterocycles. The van der Waals surface area contributed by atoms with Crippen LogP contribution in [0.2, 0.25) is 0 Å². The van der Waals surface area contributed by atoms with Crippen molar-refractivity contribution in [3.8, 4) is 5.75 Å². The second kappa shape index (κ2) is 10.2. The molecule has 0 aliphatic carbocycles. The van der Waals surface area contributed by atoms with Gasteiger partial charge >= 0.3 is 0 Å². The molecular formula is C25H23FN3O7S3+. The van der Waals surface area contributed by atoms with Crippen LogP contribution in [0, 0.1) is 5.82 Å². The summed E-state index contributed by atoms with van der Waals surface area (Å²) in [4.78, 5) is 13.9. The first-order chi connectivity index (χ1) is 18.4. The summed E-state index contributed by atoms with van der Waals surface area (Å²) in [7, 11) is -8.00. The van der Waals surface area contributed by atoms with Gasteiger partial charge in [0.2, 0.25) is 21.4 Å². The van der Waals surface area contributed by atoms with Crippen molar-refractivity contribution in [2.24, 2.45) is 0 Å². The zero-order chi connectivity index (χ0) is 27.9. The third-order valence-corrected chi connectivity index (χ3v) is 8.44. The highest BCUT2D eigenvalue weighted by Gasteiger charge is 2.32. The molecule has 0 saturated carbocycles. The van der Waals surface area contributed by atoms with Gasteiger partial charge in [0.15, 0.2) is 12.3 Å². The molecule has 2 N–H and O–H groups in total. The van der Waals surface area contributed by atoms with Gasteiger partial charge in [0.25, 0.3) is 21.0 Å². The number of fused-ring (bicyclic) bond motifs is 4. The molecule has 0 atom stereocenters. The monoisotopic (exact) mass is 592 g/mol. The predicted molar refractivity (Wildman–Crippen MR) is 146 cm³/mol. The normalized spacial score (nSPS) is 14.6. The number of benzene rings is 3. The van der Waals surface area contributed by atoms with Crippen molar-refractivity contribution in [3.63, 3.8) is 0 Å². The van der Waals surface area contributed by atoms with E-state index >= 15 is 0 Å². The molecule has 0 radical (unpaired) electrons. The molecule has 0 bridgehead atoms. The molecule has 2 heterocycles. The lowest BCUT2D eigenvalue weighted by atomic mass is 10.1. The SMILES string of the molecule is CS(=O)(=O)NC(=O)CN1C(=Cc2sc3ccc4ccccc4c3[n+]2CCCS(=O)(=O)O)Oc2ccc(F)cc21. The van der Waals surface area contributed by atoms with Crippen molar-refractivity contribution in [3.05, 3.63) is 71.3 Å². The molecule has 1 aliphatic heterocycles. The van der Waals surface area contributed by atoms with Crippen molar-refractivity contribution in [1.82, 2.24) is 4.72 Å². The molecule has 1 amide bonds. The number of aryl methyl sites for hydroxylation is 1. The van der Waals surface area contributed by atoms with Crippen molar-refractivity contribution in [2.75, 3.05) is 23.5 Å². The third-order valence-electron chi connectivity index (χ3n) is 5.94. The number of sulfonamides is 1. The standard InChI is InChI=1S/C25H22FN3O7S3/c1-38(31,32)27-22(30)15-29-19-13-17(26)8-9-20(19)36-23(29)14-24-28(11-4-12-39(33,34)35)25-18-6-3-2-5-16(18)7-10-21(25)37-24/h2-3,5-10,13-14H,4,11-12,15H2,1H3,(H-,27,30,33,34,35)/p+1. The second-order valence-electron chi connectivity index (χ2n) is 8.95. The second-order valence-corrected chi connectivity index (χ2v) is 13.3. The summed E-state index contributed by atoms with van der Waals surface area (Å²) in [5.41, 5.74) is 1.09. The summed E-state index contributed by atoms with van der Waals surface area (Å²) >= 11 is 1.39. The molecule has 0 spiro atoms. The maximum Gasteiger partial charge on any atom is 0.268 e. The number of amides is 1. The predicted octanol–water partition coefficient (Wildman–Crippen LogP) is 3.03. The number of carbonyl (C=O) groups excluding carboxylic acids is 1. The molecular weight excluding hydrogens is 569 g/mol. The van der Waals surface area contributed by atoms with Crippen LogP contribution in [0.15, 0.2) is 60.5 Å². The van der Waals surface area contributed by atoms with Gasteiger partial charge in [0.1, 0.15) is 17.1 Å². The molecule has 5 rings (SSSR count). The van der Waals surface area contributed by atoms with Gasteiger partial charge in [-0.15, -0.1) is 0 Å². The maximum atomic E-state index is 14.1. The van der Waals surface area contributed by atoms with Gasteiger partial charge in [-0.1, -0.05) is 35.6 Å². The van der Waals surface area contributed by atoms with E-state index in [-0.39, 0.29) is 30.3 Å². The topological polar surface area (TPSA) is 134 Å². The van der Waals surface area contributed by atoms with Gasteiger partial charge < -0.3 is 4.74 Å². The minimum Gasteiger partial charge on any atom is -0.438 e. The lowest BCUT2D eigenvalue weighted by Crippen LogP contribution is -2.39. The lowest BCUT2D eigenvalue weighted by molar-refractivity contribution is -0.667. The molecule has 1 aliphatic rings. The molecule has 4 aromatic rings. The summed E-state index contributed by atoms with van der Waals surface area (Å²) < 4.78 is 80.0. The van der Waals surface area contributed by atoms with Crippen molar-refractivity contribution < 1.29 is 39.9 Å². The van der Waals surface area contributed by atoms with Gasteiger partial charge in [-0.2, -0.15) is 13.0 Å². The van der Waals surface area contributed by atoms with Crippen LogP contribution in [0.25, 0.3) is 27.1 Å². The van der Waals surface area contributed by atoms with Crippen LogP contribution in [0.5, 0.6) is 5.75 Å². The average Bonchev–Trinajstić information content (AvgIpc) is 3.35. The maximum absolute atomic E-state index is 14.1. The fourth-order valence-corrected chi connectivity index (χ4v) is 6.54. The Morgan fingerprint density at radius 2 is 1.92 bits per heavy atom. The number of hydrogen-bond donors (Lipinski definition) is 2. The van der Waals surface area contributed by atoms with E-state index in [2.05, 4.69) is 0 Å². The van der Waals surface area contributed by atoms with Crippen LogP contribution >= 0.6 is 11.3 Å². The van der Waals surface area contributed by atoms with Crippen LogP contribution in [0.3, 0.4) is 0 Å². The van der Waals surface area contributed by atoms with E-state index in [9.17, 15) is 30.6 Å². The highest BCUT2D eigenvalue weighted by Crippen LogP contribution is 2.40. The van der Waals surface area contributed by atoms with Crippen LogP contribution in [-0.4, -0.2) is 45.8 Å². The number of rotatable bonds is 8. The Balaban J connectivity index is 1.63. The largest absolute Gasteiger partial charge is 0.438 e. The highest BCUT2D eigenvalue weighted by molar-refractivity contribution is 7.89. The zero-order valence-electron chi connectivity index (χ0n) is 20.5. The summed E-state index contributed by atoms with van der Waals surface area (Å²) in [6.45, 7) is -0.227. The van der Waals surface area contributed by atoms with Crippen LogP contribution in [0.4, 0.5) is 10.1 Å². The molecule has 0 fully saturated rings. The van der Waals surface area contributed by atoms with E-state index in [4.69, 9.17) is 4.74 Å². The molecule has 0 unspecified atom stereocenters. The van der Waals surface area contributed by atoms with Gasteiger partial charge in [0.05, 0.1) is 29.2 Å². The Morgan fingerprint density at radius 3 is 2.67 bits per heavy atom. The van der Waals surface area contributed by atoms with E-state index < -0.39 is 44.2 Å². The van der Waals surface area contributed by atoms with Crippen LogP contribution < -0.4 is 18.9 Å². The molecule has 39 heavy (non-hydrogen) atoms. The highest BCUT2D eigenvalue weighted by atomic mass is 32.2. The number of thiazole rings is 1. The quantitative estimate of drug-likeness (QED) is 0.236. The fraction of sp³-hybridized carbons (Fsp3) is 0.200. The number of ether oxygens (including phenoxy) is 1. The Morgan fingerprint density at radius 1 is 1.15 bits per heavy atom. The fourth-order valence-electron chi connectivity index (χ4n) is 4.44. The number of carbonyl (C=O) groups is 1. The van der Waals surface area contributed by atoms with E-state index in [1.54, 1.807) is 6.08 Å². The van der Waals surface area contributed by atoms with E-state index in [1.165, 1.54) is 34.4 Å². The summed E-state index contributed by atoms with van der Waals surface area (Å²) in [6, 6.07) is 15.4. The Hall–Kier alpha value is -3.59. The van der Waals surface area contributed by atoms with Gasteiger partial charge in [-0.3, -0.25) is 19.0 Å². The third kappa shape index (κ3) is 6.03. The van der Waals surface area contributed by atoms with Crippen LogP contribution in [0.1, 0.15) is 11.4 Å². The smallest absolute Gasteiger partial charge is 0.268 e. The number of nitrogens with zero attached hydrogens (tertiary/aromatic N) is 2. The minimum atomic E-state index is -4.17. The molecule has 14 heteroatoms. The summed E-state index contributed by atoms with van der Waals surface area (Å²) in [5.74, 6) is -1.41. The van der Waals surface area contributed by atoms with E-state index in [0.717, 1.165) is 27.2 Å². The van der Waals surface area contributed by atoms with Crippen molar-refractivity contribution >= 4 is 70.1 Å². The minimum absolute atomic E-state index is 0.126. The Labute approximate surface area is 227 Å². The first-order valence-corrected chi connectivity index (χ1v) is 16.0. The van der Waals surface area contributed by atoms with Crippen LogP contribution in [-0.2, 0) is 31.5 Å². The lowest BCUT2D eigenvalue weighted by Gasteiger charge is -2.17. The zero-order valence-corrected chi connectivity index (χ0v) is 22.9. The van der Waals surface area contributed by atoms with Gasteiger partial charge in [-0.05, 0) is 29.7 Å². The Bertz CT molecular complexity index is 1870. The summed E-state index contributed by atoms with van der Waals surface area (Å²) in [6.07, 6.45) is 2.62. The molecule has 204 valence electrons. The number of anilines is 1. The first-order valence-electron chi connectivity index (χ1n) is 11.6. The average molecular weight is 593 g/mol. The molecule has 10 nitrogen and oxygen atoms in total. The van der Waals surface area contributed by atoms with Crippen molar-refractivity contribution in [1.29, 1.82) is 0 Å². The molecule has 3 aromatic carbocycles. The Kier molecular flexibility index (Phi) is 7.05. The van der Waals surface area contributed by atoms with Gasteiger partial charge in [0, 0.05) is 12.5 Å². The molecule has 1 aromatic heterocycles. The van der Waals surface area contributed by atoms with E-state index in [1.807, 2.05) is 45.7 Å². The summed E-state index contributed by atoms with van der Waals surface area (Å²) in [5, 5.41) is 2.54.